The first kappa shape index (κ1) is 11.8. The summed E-state index contributed by atoms with van der Waals surface area (Å²) in [5.41, 5.74) is 0. The van der Waals surface area contributed by atoms with Gasteiger partial charge in [0, 0.05) is 25.0 Å². The van der Waals surface area contributed by atoms with E-state index in [0.29, 0.717) is 6.04 Å². The Kier molecular flexibility index (Phi) is 4.16. The van der Waals surface area contributed by atoms with Gasteiger partial charge in [-0.05, 0) is 44.1 Å². The summed E-state index contributed by atoms with van der Waals surface area (Å²) >= 11 is 2.08. The van der Waals surface area contributed by atoms with Crippen molar-refractivity contribution < 1.29 is 0 Å². The molecule has 0 unspecified atom stereocenters. The van der Waals surface area contributed by atoms with E-state index in [1.807, 2.05) is 12.4 Å². The average molecular weight is 239 g/mol. The van der Waals surface area contributed by atoms with Crippen LogP contribution in [0.2, 0.25) is 0 Å². The molecule has 0 aliphatic carbocycles. The Morgan fingerprint density at radius 2 is 2.25 bits per heavy atom. The van der Waals surface area contributed by atoms with Crippen molar-refractivity contribution >= 4 is 17.7 Å². The number of nitrogens with zero attached hydrogens (tertiary/aromatic N) is 2. The lowest BCUT2D eigenvalue weighted by atomic mass is 10.0. The van der Waals surface area contributed by atoms with Crippen molar-refractivity contribution in [1.29, 1.82) is 0 Å². The second-order valence-corrected chi connectivity index (χ2v) is 5.91. The van der Waals surface area contributed by atoms with Crippen molar-refractivity contribution in [3.05, 3.63) is 12.4 Å². The molecule has 90 valence electrons. The maximum Gasteiger partial charge on any atom is 0.203 e. The molecule has 0 aromatic carbocycles. The Hall–Kier alpha value is -0.640. The summed E-state index contributed by atoms with van der Waals surface area (Å²) in [6.45, 7) is 5.44. The van der Waals surface area contributed by atoms with Gasteiger partial charge in [0.15, 0.2) is 0 Å². The third-order valence-corrected chi connectivity index (χ3v) is 4.16. The molecule has 0 saturated carbocycles. The van der Waals surface area contributed by atoms with Gasteiger partial charge in [0.25, 0.3) is 0 Å². The van der Waals surface area contributed by atoms with Gasteiger partial charge in [-0.25, -0.2) is 4.98 Å². The van der Waals surface area contributed by atoms with Crippen LogP contribution < -0.4 is 5.32 Å². The highest BCUT2D eigenvalue weighted by Crippen LogP contribution is 2.23. The highest BCUT2D eigenvalue weighted by atomic mass is 32.2. The molecule has 2 rings (SSSR count). The third-order valence-electron chi connectivity index (χ3n) is 3.11. The first-order valence-electron chi connectivity index (χ1n) is 6.12. The minimum Gasteiger partial charge on any atom is -0.355 e. The van der Waals surface area contributed by atoms with Crippen molar-refractivity contribution in [3.63, 3.8) is 0 Å². The van der Waals surface area contributed by atoms with Gasteiger partial charge < -0.3 is 9.88 Å². The van der Waals surface area contributed by atoms with Crippen LogP contribution in [0.4, 0.5) is 5.95 Å². The van der Waals surface area contributed by atoms with Gasteiger partial charge >= 0.3 is 0 Å². The summed E-state index contributed by atoms with van der Waals surface area (Å²) in [4.78, 5) is 4.37. The topological polar surface area (TPSA) is 29.9 Å². The summed E-state index contributed by atoms with van der Waals surface area (Å²) in [5, 5.41) is 3.49. The molecular formula is C12H21N3S. The Balaban J connectivity index is 1.86. The Labute approximate surface area is 102 Å². The fourth-order valence-corrected chi connectivity index (χ4v) is 3.26. The zero-order valence-corrected chi connectivity index (χ0v) is 11.0. The van der Waals surface area contributed by atoms with E-state index in [4.69, 9.17) is 0 Å². The van der Waals surface area contributed by atoms with Crippen molar-refractivity contribution in [2.24, 2.45) is 5.92 Å². The summed E-state index contributed by atoms with van der Waals surface area (Å²) in [6, 6.07) is 0.479. The van der Waals surface area contributed by atoms with Crippen molar-refractivity contribution in [1.82, 2.24) is 9.55 Å². The smallest absolute Gasteiger partial charge is 0.203 e. The highest BCUT2D eigenvalue weighted by molar-refractivity contribution is 7.99. The molecular weight excluding hydrogens is 218 g/mol. The predicted octanol–water partition coefficient (Wildman–Crippen LogP) is 3.02. The average Bonchev–Trinajstić information content (AvgIpc) is 2.76. The fourth-order valence-electron chi connectivity index (χ4n) is 2.05. The van der Waals surface area contributed by atoms with Crippen LogP contribution in [0.3, 0.4) is 0 Å². The molecule has 0 radical (unpaired) electrons. The van der Waals surface area contributed by atoms with Crippen LogP contribution in [-0.4, -0.2) is 27.6 Å². The number of aromatic nitrogens is 2. The Bertz CT molecular complexity index is 316. The molecule has 2 heterocycles. The van der Waals surface area contributed by atoms with E-state index in [2.05, 4.69) is 40.5 Å². The summed E-state index contributed by atoms with van der Waals surface area (Å²) < 4.78 is 2.19. The third kappa shape index (κ3) is 2.94. The molecule has 16 heavy (non-hydrogen) atoms. The first-order chi connectivity index (χ1) is 7.77. The Morgan fingerprint density at radius 1 is 1.50 bits per heavy atom. The zero-order valence-electron chi connectivity index (χ0n) is 10.1. The summed E-state index contributed by atoms with van der Waals surface area (Å²) in [6.07, 6.45) is 6.61. The standard InChI is InChI=1S/C12H21N3S/c1-10(2)15-6-5-13-12(15)14-9-11-3-7-16-8-4-11/h5-6,10-11H,3-4,7-9H2,1-2H3,(H,13,14). The largest absolute Gasteiger partial charge is 0.355 e. The maximum absolute atomic E-state index is 4.37. The van der Waals surface area contributed by atoms with Crippen LogP contribution in [0.5, 0.6) is 0 Å². The number of thioether (sulfide) groups is 1. The molecule has 1 aromatic heterocycles. The number of hydrogen-bond acceptors (Lipinski definition) is 3. The van der Waals surface area contributed by atoms with Crippen molar-refractivity contribution in [2.45, 2.75) is 32.7 Å². The van der Waals surface area contributed by atoms with Gasteiger partial charge in [-0.2, -0.15) is 11.8 Å². The minimum atomic E-state index is 0.479. The molecule has 1 aliphatic rings. The van der Waals surface area contributed by atoms with Crippen LogP contribution in [0.15, 0.2) is 12.4 Å². The lowest BCUT2D eigenvalue weighted by Crippen LogP contribution is -2.21. The molecule has 1 aromatic rings. The molecule has 0 amide bonds. The van der Waals surface area contributed by atoms with Crippen LogP contribution in [0.25, 0.3) is 0 Å². The van der Waals surface area contributed by atoms with E-state index in [0.717, 1.165) is 18.4 Å². The second-order valence-electron chi connectivity index (χ2n) is 4.69. The van der Waals surface area contributed by atoms with E-state index in [1.165, 1.54) is 24.3 Å². The molecule has 1 aliphatic heterocycles. The van der Waals surface area contributed by atoms with Crippen LogP contribution >= 0.6 is 11.8 Å². The van der Waals surface area contributed by atoms with Crippen LogP contribution in [0, 0.1) is 5.92 Å². The maximum atomic E-state index is 4.37. The number of hydrogen-bond donors (Lipinski definition) is 1. The molecule has 3 nitrogen and oxygen atoms in total. The lowest BCUT2D eigenvalue weighted by Gasteiger charge is -2.22. The predicted molar refractivity (Wildman–Crippen MR) is 71.2 cm³/mol. The van der Waals surface area contributed by atoms with E-state index in [-0.39, 0.29) is 0 Å². The number of anilines is 1. The van der Waals surface area contributed by atoms with Gasteiger partial charge in [-0.3, -0.25) is 0 Å². The highest BCUT2D eigenvalue weighted by Gasteiger charge is 2.14. The zero-order chi connectivity index (χ0) is 11.4. The summed E-state index contributed by atoms with van der Waals surface area (Å²) in [7, 11) is 0. The SMILES string of the molecule is CC(C)n1ccnc1NCC1CCSCC1. The van der Waals surface area contributed by atoms with E-state index in [9.17, 15) is 0 Å². The molecule has 0 bridgehead atoms. The Morgan fingerprint density at radius 3 is 2.94 bits per heavy atom. The normalized spacial score (nSPS) is 17.9. The summed E-state index contributed by atoms with van der Waals surface area (Å²) in [5.74, 6) is 4.50. The fraction of sp³-hybridized carbons (Fsp3) is 0.750. The molecule has 0 atom stereocenters. The quantitative estimate of drug-likeness (QED) is 0.876. The van der Waals surface area contributed by atoms with Crippen LogP contribution in [0.1, 0.15) is 32.7 Å². The second kappa shape index (κ2) is 5.62. The molecule has 4 heteroatoms. The van der Waals surface area contributed by atoms with Crippen molar-refractivity contribution in [2.75, 3.05) is 23.4 Å². The molecule has 1 N–H and O–H groups in total. The number of rotatable bonds is 4. The minimum absolute atomic E-state index is 0.479. The number of imidazole rings is 1. The monoisotopic (exact) mass is 239 g/mol. The van der Waals surface area contributed by atoms with Crippen LogP contribution in [-0.2, 0) is 0 Å². The van der Waals surface area contributed by atoms with E-state index < -0.39 is 0 Å². The lowest BCUT2D eigenvalue weighted by molar-refractivity contribution is 0.510. The molecule has 1 saturated heterocycles. The van der Waals surface area contributed by atoms with Crippen molar-refractivity contribution in [3.8, 4) is 0 Å². The van der Waals surface area contributed by atoms with E-state index >= 15 is 0 Å². The van der Waals surface area contributed by atoms with Gasteiger partial charge in [0.2, 0.25) is 5.95 Å². The van der Waals surface area contributed by atoms with Gasteiger partial charge in [0.1, 0.15) is 0 Å². The van der Waals surface area contributed by atoms with Gasteiger partial charge in [0.05, 0.1) is 0 Å². The molecule has 0 spiro atoms. The van der Waals surface area contributed by atoms with E-state index in [1.54, 1.807) is 0 Å². The van der Waals surface area contributed by atoms with Gasteiger partial charge in [-0.15, -0.1) is 0 Å². The van der Waals surface area contributed by atoms with Gasteiger partial charge in [-0.1, -0.05) is 0 Å². The first-order valence-corrected chi connectivity index (χ1v) is 7.27. The molecule has 1 fully saturated rings. The number of nitrogens with one attached hydrogen (secondary N) is 1.